The summed E-state index contributed by atoms with van der Waals surface area (Å²) in [7, 11) is 1.67. The number of nitrogens with zero attached hydrogens (tertiary/aromatic N) is 2. The largest absolute Gasteiger partial charge is 0.496 e. The molecule has 182 valence electrons. The summed E-state index contributed by atoms with van der Waals surface area (Å²) in [5, 5.41) is 10.8. The molecule has 0 spiro atoms. The molecule has 7 rings (SSSR count). The number of hydrogen-bond acceptors (Lipinski definition) is 5. The Balaban J connectivity index is 1.32. The normalized spacial score (nSPS) is 24.3. The van der Waals surface area contributed by atoms with E-state index < -0.39 is 11.1 Å². The molecule has 2 heterocycles. The number of aromatic nitrogens is 2. The predicted molar refractivity (Wildman–Crippen MR) is 138 cm³/mol. The topological polar surface area (TPSA) is 82.5 Å². The van der Waals surface area contributed by atoms with E-state index in [9.17, 15) is 5.11 Å². The fraction of sp³-hybridized carbons (Fsp3) is 0.300. The number of fused-ring (bicyclic) bond motifs is 3. The summed E-state index contributed by atoms with van der Waals surface area (Å²) < 4.78 is 13.9. The number of ether oxygens (including phenoxy) is 2. The van der Waals surface area contributed by atoms with Gasteiger partial charge in [0.2, 0.25) is 0 Å². The number of benzene rings is 3. The summed E-state index contributed by atoms with van der Waals surface area (Å²) in [6.07, 6.45) is 3.50. The van der Waals surface area contributed by atoms with Gasteiger partial charge < -0.3 is 20.3 Å². The summed E-state index contributed by atoms with van der Waals surface area (Å²) in [5.41, 5.74) is 11.6. The summed E-state index contributed by atoms with van der Waals surface area (Å²) in [5.74, 6) is 2.76. The molecule has 1 aliphatic heterocycles. The fourth-order valence-corrected chi connectivity index (χ4v) is 6.13. The lowest BCUT2D eigenvalue weighted by atomic mass is 9.60. The van der Waals surface area contributed by atoms with Gasteiger partial charge in [-0.25, -0.2) is 4.98 Å². The molecule has 3 N–H and O–H groups in total. The molecule has 3 aromatic carbocycles. The van der Waals surface area contributed by atoms with Crippen LogP contribution in [0.25, 0.3) is 33.9 Å². The van der Waals surface area contributed by atoms with Gasteiger partial charge >= 0.3 is 0 Å². The van der Waals surface area contributed by atoms with Gasteiger partial charge in [-0.05, 0) is 49.3 Å². The van der Waals surface area contributed by atoms with Crippen molar-refractivity contribution in [3.63, 3.8) is 0 Å². The quantitative estimate of drug-likeness (QED) is 0.404. The number of imidazole rings is 1. The third kappa shape index (κ3) is 3.21. The monoisotopic (exact) mass is 479 g/mol. The first kappa shape index (κ1) is 21.7. The Bertz CT molecular complexity index is 1430. The van der Waals surface area contributed by atoms with E-state index in [0.29, 0.717) is 25.5 Å². The molecular weight excluding hydrogens is 450 g/mol. The molecule has 0 unspecified atom stereocenters. The van der Waals surface area contributed by atoms with Crippen LogP contribution in [0.4, 0.5) is 0 Å². The number of hydrogen-bond donors (Lipinski definition) is 2. The molecule has 3 aliphatic rings. The first-order chi connectivity index (χ1) is 17.5. The van der Waals surface area contributed by atoms with Gasteiger partial charge in [-0.1, -0.05) is 60.7 Å². The van der Waals surface area contributed by atoms with Crippen LogP contribution >= 0.6 is 0 Å². The van der Waals surface area contributed by atoms with E-state index in [2.05, 4.69) is 41.0 Å². The predicted octanol–water partition coefficient (Wildman–Crippen LogP) is 5.33. The van der Waals surface area contributed by atoms with Crippen LogP contribution in [0, 0.1) is 5.92 Å². The molecule has 0 amide bonds. The number of methoxy groups -OCH3 is 1. The highest BCUT2D eigenvalue weighted by atomic mass is 16.5. The molecular formula is C30H29N3O3. The van der Waals surface area contributed by atoms with E-state index in [4.69, 9.17) is 20.2 Å². The minimum absolute atomic E-state index is 0.372. The number of nitrogens with two attached hydrogens (primary N) is 1. The Kier molecular flexibility index (Phi) is 4.63. The second kappa shape index (κ2) is 7.69. The molecule has 0 bridgehead atoms. The van der Waals surface area contributed by atoms with E-state index in [-0.39, 0.29) is 0 Å². The van der Waals surface area contributed by atoms with Crippen LogP contribution in [-0.2, 0) is 12.3 Å². The summed E-state index contributed by atoms with van der Waals surface area (Å²) >= 11 is 0. The van der Waals surface area contributed by atoms with Gasteiger partial charge in [-0.2, -0.15) is 0 Å². The van der Waals surface area contributed by atoms with Gasteiger partial charge in [-0.15, -0.1) is 0 Å². The van der Waals surface area contributed by atoms with Crippen molar-refractivity contribution in [2.45, 2.75) is 43.6 Å². The molecule has 6 nitrogen and oxygen atoms in total. The Morgan fingerprint density at radius 3 is 2.42 bits per heavy atom. The summed E-state index contributed by atoms with van der Waals surface area (Å²) in [6.45, 7) is 0.372. The highest BCUT2D eigenvalue weighted by Gasteiger charge is 2.58. The van der Waals surface area contributed by atoms with Gasteiger partial charge in [-0.3, -0.25) is 4.57 Å². The first-order valence-electron chi connectivity index (χ1n) is 12.6. The highest BCUT2D eigenvalue weighted by molar-refractivity contribution is 5.85. The van der Waals surface area contributed by atoms with Crippen molar-refractivity contribution < 1.29 is 14.6 Å². The van der Waals surface area contributed by atoms with Crippen molar-refractivity contribution in [1.29, 1.82) is 0 Å². The first-order valence-corrected chi connectivity index (χ1v) is 12.6. The lowest BCUT2D eigenvalue weighted by Gasteiger charge is -2.52. The van der Waals surface area contributed by atoms with Gasteiger partial charge in [0.05, 0.1) is 24.1 Å². The van der Waals surface area contributed by atoms with Gasteiger partial charge in [0, 0.05) is 16.7 Å². The van der Waals surface area contributed by atoms with Crippen LogP contribution in [0.5, 0.6) is 11.5 Å². The molecule has 36 heavy (non-hydrogen) atoms. The molecule has 0 atom stereocenters. The molecule has 0 radical (unpaired) electrons. The molecule has 2 saturated carbocycles. The van der Waals surface area contributed by atoms with E-state index >= 15 is 0 Å². The van der Waals surface area contributed by atoms with Crippen molar-refractivity contribution in [1.82, 2.24) is 9.55 Å². The van der Waals surface area contributed by atoms with Crippen molar-refractivity contribution >= 4 is 0 Å². The van der Waals surface area contributed by atoms with Gasteiger partial charge in [0.15, 0.2) is 12.6 Å². The van der Waals surface area contributed by atoms with Crippen LogP contribution in [0.15, 0.2) is 72.8 Å². The minimum atomic E-state index is -0.580. The van der Waals surface area contributed by atoms with Gasteiger partial charge in [0.25, 0.3) is 0 Å². The Labute approximate surface area is 210 Å². The smallest absolute Gasteiger partial charge is 0.167 e. The minimum Gasteiger partial charge on any atom is -0.496 e. The maximum Gasteiger partial charge on any atom is 0.167 e. The summed E-state index contributed by atoms with van der Waals surface area (Å²) in [4.78, 5) is 5.16. The average Bonchev–Trinajstić information content (AvgIpc) is 3.68. The fourth-order valence-electron chi connectivity index (χ4n) is 6.13. The maximum absolute atomic E-state index is 10.8. The lowest BCUT2D eigenvalue weighted by Crippen LogP contribution is -2.60. The maximum atomic E-state index is 10.8. The Morgan fingerprint density at radius 2 is 1.72 bits per heavy atom. The number of rotatable bonds is 5. The molecule has 0 saturated heterocycles. The lowest BCUT2D eigenvalue weighted by molar-refractivity contribution is -0.106. The molecule has 6 heteroatoms. The SMILES string of the molecule is COc1cccc2c1-c1nc(-c3ccc([C@]4(N)C[C@@](O)(C5CC5)C4)cc3)c(-c3ccccc3)n1CO2. The van der Waals surface area contributed by atoms with Crippen molar-refractivity contribution in [3.05, 3.63) is 78.4 Å². The average molecular weight is 480 g/mol. The van der Waals surface area contributed by atoms with E-state index in [1.807, 2.05) is 36.4 Å². The zero-order valence-electron chi connectivity index (χ0n) is 20.3. The van der Waals surface area contributed by atoms with Crippen LogP contribution in [-0.4, -0.2) is 27.4 Å². The zero-order valence-corrected chi connectivity index (χ0v) is 20.3. The zero-order chi connectivity index (χ0) is 24.5. The van der Waals surface area contributed by atoms with E-state index in [1.54, 1.807) is 7.11 Å². The molecule has 2 fully saturated rings. The standard InChI is InChI=1S/C30H29N3O3/c1-35-23-8-5-9-24-25(23)28-32-26(27(33(28)18-36-24)20-6-3-2-4-7-20)19-10-12-21(13-11-19)29(31)16-30(34,17-29)22-14-15-22/h2-13,22,34H,14-18,31H2,1H3/t29-,30-. The van der Waals surface area contributed by atoms with Crippen LogP contribution in [0.1, 0.15) is 31.2 Å². The highest BCUT2D eigenvalue weighted by Crippen LogP contribution is 2.57. The van der Waals surface area contributed by atoms with Crippen LogP contribution in [0.2, 0.25) is 0 Å². The van der Waals surface area contributed by atoms with Crippen molar-refractivity contribution in [2.24, 2.45) is 11.7 Å². The van der Waals surface area contributed by atoms with Crippen LogP contribution in [0.3, 0.4) is 0 Å². The van der Waals surface area contributed by atoms with Crippen LogP contribution < -0.4 is 15.2 Å². The molecule has 4 aromatic rings. The molecule has 2 aliphatic carbocycles. The van der Waals surface area contributed by atoms with Crippen molar-refractivity contribution in [3.8, 4) is 45.4 Å². The Hall–Kier alpha value is -3.61. The second-order valence-electron chi connectivity index (χ2n) is 10.5. The van der Waals surface area contributed by atoms with E-state index in [1.165, 1.54) is 0 Å². The van der Waals surface area contributed by atoms with Gasteiger partial charge in [0.1, 0.15) is 17.1 Å². The van der Waals surface area contributed by atoms with E-state index in [0.717, 1.165) is 63.8 Å². The number of aliphatic hydroxyl groups is 1. The third-order valence-corrected chi connectivity index (χ3v) is 8.11. The third-order valence-electron chi connectivity index (χ3n) is 8.11. The molecule has 1 aromatic heterocycles. The summed E-state index contributed by atoms with van der Waals surface area (Å²) in [6, 6.07) is 24.5. The Morgan fingerprint density at radius 1 is 0.972 bits per heavy atom. The van der Waals surface area contributed by atoms with Crippen molar-refractivity contribution in [2.75, 3.05) is 7.11 Å². The second-order valence-corrected chi connectivity index (χ2v) is 10.5.